The van der Waals surface area contributed by atoms with Crippen molar-refractivity contribution in [2.45, 2.75) is 13.0 Å². The molecular formula is C17H19NO2. The normalized spacial score (nSPS) is 13.7. The maximum atomic E-state index is 5.57. The molecule has 3 rings (SSSR count). The zero-order valence-corrected chi connectivity index (χ0v) is 11.9. The van der Waals surface area contributed by atoms with Crippen LogP contribution in [-0.2, 0) is 13.0 Å². The first-order chi connectivity index (χ1) is 9.83. The Hall–Kier alpha value is -2.00. The zero-order valence-electron chi connectivity index (χ0n) is 11.9. The Kier molecular flexibility index (Phi) is 3.61. The third kappa shape index (κ3) is 2.25. The van der Waals surface area contributed by atoms with Gasteiger partial charge in [0.2, 0.25) is 0 Å². The van der Waals surface area contributed by atoms with Crippen molar-refractivity contribution in [3.8, 4) is 22.6 Å². The van der Waals surface area contributed by atoms with Gasteiger partial charge in [0.15, 0.2) is 0 Å². The van der Waals surface area contributed by atoms with Gasteiger partial charge in [0, 0.05) is 12.1 Å². The molecule has 0 atom stereocenters. The van der Waals surface area contributed by atoms with E-state index in [1.165, 1.54) is 22.3 Å². The summed E-state index contributed by atoms with van der Waals surface area (Å²) in [6, 6.07) is 12.4. The maximum absolute atomic E-state index is 5.57. The molecule has 2 aromatic carbocycles. The molecule has 1 aliphatic heterocycles. The number of hydrogen-bond acceptors (Lipinski definition) is 3. The average molecular weight is 269 g/mol. The largest absolute Gasteiger partial charge is 0.497 e. The molecule has 0 saturated carbocycles. The minimum Gasteiger partial charge on any atom is -0.497 e. The average Bonchev–Trinajstić information content (AvgIpc) is 2.54. The summed E-state index contributed by atoms with van der Waals surface area (Å²) in [5, 5.41) is 3.41. The van der Waals surface area contributed by atoms with E-state index in [1.54, 1.807) is 14.2 Å². The molecule has 104 valence electrons. The lowest BCUT2D eigenvalue weighted by Crippen LogP contribution is -2.24. The first kappa shape index (κ1) is 13.0. The molecule has 3 heteroatoms. The van der Waals surface area contributed by atoms with Crippen LogP contribution in [0.2, 0.25) is 0 Å². The summed E-state index contributed by atoms with van der Waals surface area (Å²) in [5.74, 6) is 1.81. The second-order valence-electron chi connectivity index (χ2n) is 4.94. The lowest BCUT2D eigenvalue weighted by molar-refractivity contribution is 0.414. The van der Waals surface area contributed by atoms with Crippen molar-refractivity contribution in [1.82, 2.24) is 5.32 Å². The molecule has 3 nitrogen and oxygen atoms in total. The fraction of sp³-hybridized carbons (Fsp3) is 0.294. The highest BCUT2D eigenvalue weighted by atomic mass is 16.5. The number of ether oxygens (including phenoxy) is 2. The first-order valence-corrected chi connectivity index (χ1v) is 6.87. The lowest BCUT2D eigenvalue weighted by atomic mass is 9.90. The molecular weight excluding hydrogens is 250 g/mol. The van der Waals surface area contributed by atoms with Crippen LogP contribution in [0.4, 0.5) is 0 Å². The topological polar surface area (TPSA) is 30.5 Å². The van der Waals surface area contributed by atoms with E-state index < -0.39 is 0 Å². The summed E-state index contributed by atoms with van der Waals surface area (Å²) in [6.07, 6.45) is 1.04. The molecule has 1 N–H and O–H groups in total. The monoisotopic (exact) mass is 269 g/mol. The van der Waals surface area contributed by atoms with Gasteiger partial charge in [-0.2, -0.15) is 0 Å². The number of nitrogens with one attached hydrogen (secondary N) is 1. The van der Waals surface area contributed by atoms with Crippen molar-refractivity contribution in [3.63, 3.8) is 0 Å². The van der Waals surface area contributed by atoms with E-state index in [2.05, 4.69) is 29.6 Å². The van der Waals surface area contributed by atoms with Gasteiger partial charge < -0.3 is 14.8 Å². The number of rotatable bonds is 3. The Morgan fingerprint density at radius 1 is 0.950 bits per heavy atom. The number of benzene rings is 2. The standard InChI is InChI=1S/C17H19NO2/c1-19-14-6-3-12(4-7-14)17-15-9-10-18-11-13(15)5-8-16(17)20-2/h3-8,18H,9-11H2,1-2H3. The molecule has 0 amide bonds. The maximum Gasteiger partial charge on any atom is 0.126 e. The van der Waals surface area contributed by atoms with Crippen LogP contribution in [0.5, 0.6) is 11.5 Å². The van der Waals surface area contributed by atoms with Crippen molar-refractivity contribution in [3.05, 3.63) is 47.5 Å². The molecule has 0 radical (unpaired) electrons. The van der Waals surface area contributed by atoms with E-state index >= 15 is 0 Å². The van der Waals surface area contributed by atoms with E-state index in [0.717, 1.165) is 31.0 Å². The third-order valence-corrected chi connectivity index (χ3v) is 3.84. The van der Waals surface area contributed by atoms with Crippen LogP contribution in [0.1, 0.15) is 11.1 Å². The van der Waals surface area contributed by atoms with Crippen LogP contribution in [-0.4, -0.2) is 20.8 Å². The van der Waals surface area contributed by atoms with E-state index in [-0.39, 0.29) is 0 Å². The third-order valence-electron chi connectivity index (χ3n) is 3.84. The Morgan fingerprint density at radius 3 is 2.45 bits per heavy atom. The molecule has 1 heterocycles. The summed E-state index contributed by atoms with van der Waals surface area (Å²) in [6.45, 7) is 1.95. The van der Waals surface area contributed by atoms with E-state index in [4.69, 9.17) is 9.47 Å². The van der Waals surface area contributed by atoms with Gasteiger partial charge >= 0.3 is 0 Å². The molecule has 2 aromatic rings. The van der Waals surface area contributed by atoms with Crippen LogP contribution in [0, 0.1) is 0 Å². The van der Waals surface area contributed by atoms with E-state index in [9.17, 15) is 0 Å². The molecule has 0 aliphatic carbocycles. The van der Waals surface area contributed by atoms with Crippen LogP contribution in [0.3, 0.4) is 0 Å². The van der Waals surface area contributed by atoms with Gasteiger partial charge in [-0.05, 0) is 47.9 Å². The van der Waals surface area contributed by atoms with Crippen LogP contribution < -0.4 is 14.8 Å². The highest BCUT2D eigenvalue weighted by Gasteiger charge is 2.18. The second-order valence-corrected chi connectivity index (χ2v) is 4.94. The van der Waals surface area contributed by atoms with Gasteiger partial charge in [0.1, 0.15) is 11.5 Å². The molecule has 0 saturated heterocycles. The SMILES string of the molecule is COc1ccc(-c2c(OC)ccc3c2CCNC3)cc1. The van der Waals surface area contributed by atoms with Gasteiger partial charge in [0.25, 0.3) is 0 Å². The van der Waals surface area contributed by atoms with Crippen LogP contribution in [0.25, 0.3) is 11.1 Å². The predicted molar refractivity (Wildman–Crippen MR) is 80.4 cm³/mol. The van der Waals surface area contributed by atoms with Crippen LogP contribution in [0.15, 0.2) is 36.4 Å². The smallest absolute Gasteiger partial charge is 0.126 e. The van der Waals surface area contributed by atoms with E-state index in [0.29, 0.717) is 0 Å². The van der Waals surface area contributed by atoms with Crippen molar-refractivity contribution in [2.24, 2.45) is 0 Å². The summed E-state index contributed by atoms with van der Waals surface area (Å²) in [4.78, 5) is 0. The minimum atomic E-state index is 0.874. The number of hydrogen-bond donors (Lipinski definition) is 1. The molecule has 0 fully saturated rings. The highest BCUT2D eigenvalue weighted by Crippen LogP contribution is 2.37. The Bertz CT molecular complexity index is 605. The molecule has 0 unspecified atom stereocenters. The molecule has 0 bridgehead atoms. The second kappa shape index (κ2) is 5.55. The van der Waals surface area contributed by atoms with Crippen molar-refractivity contribution in [1.29, 1.82) is 0 Å². The van der Waals surface area contributed by atoms with Crippen molar-refractivity contribution >= 4 is 0 Å². The Morgan fingerprint density at radius 2 is 1.75 bits per heavy atom. The Balaban J connectivity index is 2.14. The molecule has 0 aromatic heterocycles. The van der Waals surface area contributed by atoms with Crippen molar-refractivity contribution in [2.75, 3.05) is 20.8 Å². The van der Waals surface area contributed by atoms with Gasteiger partial charge in [-0.15, -0.1) is 0 Å². The number of methoxy groups -OCH3 is 2. The lowest BCUT2D eigenvalue weighted by Gasteiger charge is -2.22. The fourth-order valence-electron chi connectivity index (χ4n) is 2.80. The highest BCUT2D eigenvalue weighted by molar-refractivity contribution is 5.76. The first-order valence-electron chi connectivity index (χ1n) is 6.87. The van der Waals surface area contributed by atoms with Gasteiger partial charge in [-0.25, -0.2) is 0 Å². The predicted octanol–water partition coefficient (Wildman–Crippen LogP) is 3.02. The van der Waals surface area contributed by atoms with Gasteiger partial charge in [-0.3, -0.25) is 0 Å². The fourth-order valence-corrected chi connectivity index (χ4v) is 2.80. The number of fused-ring (bicyclic) bond motifs is 1. The van der Waals surface area contributed by atoms with Crippen LogP contribution >= 0.6 is 0 Å². The summed E-state index contributed by atoms with van der Waals surface area (Å²) in [7, 11) is 3.42. The zero-order chi connectivity index (χ0) is 13.9. The molecule has 1 aliphatic rings. The summed E-state index contributed by atoms with van der Waals surface area (Å²) >= 11 is 0. The Labute approximate surface area is 119 Å². The molecule has 0 spiro atoms. The summed E-state index contributed by atoms with van der Waals surface area (Å²) in [5.41, 5.74) is 5.16. The van der Waals surface area contributed by atoms with E-state index in [1.807, 2.05) is 12.1 Å². The van der Waals surface area contributed by atoms with Gasteiger partial charge in [0.05, 0.1) is 14.2 Å². The quantitative estimate of drug-likeness (QED) is 0.929. The van der Waals surface area contributed by atoms with Crippen molar-refractivity contribution < 1.29 is 9.47 Å². The summed E-state index contributed by atoms with van der Waals surface area (Å²) < 4.78 is 10.8. The molecule has 20 heavy (non-hydrogen) atoms. The van der Waals surface area contributed by atoms with Gasteiger partial charge in [-0.1, -0.05) is 18.2 Å². The minimum absolute atomic E-state index is 0.874.